The summed E-state index contributed by atoms with van der Waals surface area (Å²) >= 11 is 5.89. The smallest absolute Gasteiger partial charge is 0.329 e. The van der Waals surface area contributed by atoms with Crippen LogP contribution in [-0.4, -0.2) is 34.5 Å². The molecule has 7 nitrogen and oxygen atoms in total. The number of aromatic nitrogens is 1. The molecule has 4 rings (SSSR count). The number of esters is 1. The molecule has 1 aromatic heterocycles. The molecule has 2 aromatic carbocycles. The molecular weight excluding hydrogens is 406 g/mol. The van der Waals surface area contributed by atoms with Crippen LogP contribution < -0.4 is 5.32 Å². The number of ether oxygens (including phenoxy) is 1. The monoisotopic (exact) mass is 423 g/mol. The highest BCUT2D eigenvalue weighted by Crippen LogP contribution is 2.25. The second-order valence-electron chi connectivity index (χ2n) is 6.81. The Bertz CT molecular complexity index is 1180. The van der Waals surface area contributed by atoms with Crippen molar-refractivity contribution < 1.29 is 19.1 Å². The zero-order valence-electron chi connectivity index (χ0n) is 16.1. The van der Waals surface area contributed by atoms with Crippen LogP contribution in [0, 0.1) is 0 Å². The molecule has 30 heavy (non-hydrogen) atoms. The quantitative estimate of drug-likeness (QED) is 0.386. The number of para-hydroxylation sites is 1. The number of nitrogens with one attached hydrogen (secondary N) is 1. The van der Waals surface area contributed by atoms with Crippen molar-refractivity contribution in [3.63, 3.8) is 0 Å². The van der Waals surface area contributed by atoms with Crippen molar-refractivity contribution in [1.82, 2.24) is 14.8 Å². The van der Waals surface area contributed by atoms with E-state index in [1.165, 1.54) is 7.11 Å². The molecule has 0 atom stereocenters. The number of fused-ring (bicyclic) bond motifs is 1. The van der Waals surface area contributed by atoms with Gasteiger partial charge >= 0.3 is 12.0 Å². The number of methoxy groups -OCH3 is 1. The lowest BCUT2D eigenvalue weighted by molar-refractivity contribution is -0.141. The molecule has 0 unspecified atom stereocenters. The minimum Gasteiger partial charge on any atom is -0.468 e. The molecule has 1 saturated heterocycles. The van der Waals surface area contributed by atoms with Crippen LogP contribution in [0.2, 0.25) is 5.02 Å². The fraction of sp³-hybridized carbons (Fsp3) is 0.136. The number of halogens is 1. The molecule has 1 N–H and O–H groups in total. The van der Waals surface area contributed by atoms with Gasteiger partial charge in [-0.2, -0.15) is 0 Å². The van der Waals surface area contributed by atoms with E-state index in [2.05, 4.69) is 5.32 Å². The van der Waals surface area contributed by atoms with Crippen LogP contribution in [0.3, 0.4) is 0 Å². The summed E-state index contributed by atoms with van der Waals surface area (Å²) < 4.78 is 6.50. The summed E-state index contributed by atoms with van der Waals surface area (Å²) in [5, 5.41) is 4.07. The predicted octanol–water partition coefficient (Wildman–Crippen LogP) is 3.56. The number of benzene rings is 2. The van der Waals surface area contributed by atoms with Crippen LogP contribution in [0.25, 0.3) is 17.0 Å². The molecule has 0 radical (unpaired) electrons. The Morgan fingerprint density at radius 1 is 1.13 bits per heavy atom. The van der Waals surface area contributed by atoms with Crippen LogP contribution in [0.1, 0.15) is 11.1 Å². The van der Waals surface area contributed by atoms with Gasteiger partial charge in [0.25, 0.3) is 5.91 Å². The van der Waals surface area contributed by atoms with Crippen LogP contribution in [0.4, 0.5) is 4.79 Å². The highest BCUT2D eigenvalue weighted by atomic mass is 35.5. The average Bonchev–Trinajstić information content (AvgIpc) is 3.22. The minimum atomic E-state index is -0.487. The SMILES string of the molecule is COC(=O)Cn1cc(C=C2NC(=O)N(Cc3ccc(Cl)cc3)C2=O)c2ccccc21. The topological polar surface area (TPSA) is 80.6 Å². The largest absolute Gasteiger partial charge is 0.468 e. The molecule has 0 bridgehead atoms. The summed E-state index contributed by atoms with van der Waals surface area (Å²) in [6, 6.07) is 14.0. The molecule has 0 saturated carbocycles. The number of hydrogen-bond donors (Lipinski definition) is 1. The maximum Gasteiger partial charge on any atom is 0.329 e. The second-order valence-corrected chi connectivity index (χ2v) is 7.25. The standard InChI is InChI=1S/C22H18ClN3O4/c1-30-20(27)13-25-12-15(17-4-2-3-5-19(17)25)10-18-21(28)26(22(29)24-18)11-14-6-8-16(23)9-7-14/h2-10,12H,11,13H2,1H3,(H,24,29). The Labute approximate surface area is 177 Å². The van der Waals surface area contributed by atoms with Gasteiger partial charge in [-0.15, -0.1) is 0 Å². The first-order chi connectivity index (χ1) is 14.5. The Kier molecular flexibility index (Phi) is 5.29. The van der Waals surface area contributed by atoms with Crippen molar-refractivity contribution in [3.05, 3.63) is 76.6 Å². The van der Waals surface area contributed by atoms with Crippen molar-refractivity contribution in [2.75, 3.05) is 7.11 Å². The molecule has 1 fully saturated rings. The zero-order valence-corrected chi connectivity index (χ0v) is 16.8. The Morgan fingerprint density at radius 3 is 2.60 bits per heavy atom. The van der Waals surface area contributed by atoms with E-state index in [1.807, 2.05) is 24.3 Å². The minimum absolute atomic E-state index is 0.0448. The van der Waals surface area contributed by atoms with Gasteiger partial charge in [-0.1, -0.05) is 41.9 Å². The van der Waals surface area contributed by atoms with E-state index >= 15 is 0 Å². The zero-order chi connectivity index (χ0) is 21.3. The van der Waals surface area contributed by atoms with Gasteiger partial charge in [0, 0.05) is 27.7 Å². The van der Waals surface area contributed by atoms with E-state index in [4.69, 9.17) is 16.3 Å². The van der Waals surface area contributed by atoms with Gasteiger partial charge in [-0.25, -0.2) is 4.79 Å². The van der Waals surface area contributed by atoms with E-state index < -0.39 is 11.9 Å². The van der Waals surface area contributed by atoms with Crippen LogP contribution in [-0.2, 0) is 27.4 Å². The summed E-state index contributed by atoms with van der Waals surface area (Å²) in [5.74, 6) is -0.797. The van der Waals surface area contributed by atoms with E-state index in [0.29, 0.717) is 10.6 Å². The van der Waals surface area contributed by atoms with Crippen molar-refractivity contribution in [1.29, 1.82) is 0 Å². The maximum atomic E-state index is 12.8. The van der Waals surface area contributed by atoms with Crippen molar-refractivity contribution in [2.24, 2.45) is 0 Å². The highest BCUT2D eigenvalue weighted by molar-refractivity contribution is 6.30. The second kappa shape index (κ2) is 8.04. The van der Waals surface area contributed by atoms with Gasteiger partial charge in [0.1, 0.15) is 12.2 Å². The highest BCUT2D eigenvalue weighted by Gasteiger charge is 2.33. The predicted molar refractivity (Wildman–Crippen MR) is 112 cm³/mol. The van der Waals surface area contributed by atoms with E-state index in [0.717, 1.165) is 21.4 Å². The molecule has 0 spiro atoms. The van der Waals surface area contributed by atoms with Gasteiger partial charge in [-0.05, 0) is 29.8 Å². The van der Waals surface area contributed by atoms with Crippen molar-refractivity contribution >= 4 is 46.5 Å². The fourth-order valence-corrected chi connectivity index (χ4v) is 3.49. The summed E-state index contributed by atoms with van der Waals surface area (Å²) in [5.41, 5.74) is 2.50. The number of amides is 3. The molecule has 2 heterocycles. The number of carbonyl (C=O) groups is 3. The number of rotatable bonds is 5. The average molecular weight is 424 g/mol. The van der Waals surface area contributed by atoms with Gasteiger partial charge in [0.05, 0.1) is 13.7 Å². The van der Waals surface area contributed by atoms with Gasteiger partial charge < -0.3 is 14.6 Å². The molecule has 1 aliphatic heterocycles. The first-order valence-electron chi connectivity index (χ1n) is 9.20. The third-order valence-corrected chi connectivity index (χ3v) is 5.11. The third-order valence-electron chi connectivity index (χ3n) is 4.86. The maximum absolute atomic E-state index is 12.8. The molecule has 0 aliphatic carbocycles. The first kappa shape index (κ1) is 19.7. The molecule has 152 valence electrons. The normalized spacial score (nSPS) is 15.1. The number of carbonyl (C=O) groups excluding carboxylic acids is 3. The number of hydrogen-bond acceptors (Lipinski definition) is 4. The van der Waals surface area contributed by atoms with Crippen LogP contribution in [0.15, 0.2) is 60.4 Å². The lowest BCUT2D eigenvalue weighted by Crippen LogP contribution is -2.30. The summed E-state index contributed by atoms with van der Waals surface area (Å²) in [4.78, 5) is 38.1. The lowest BCUT2D eigenvalue weighted by atomic mass is 10.1. The third kappa shape index (κ3) is 3.79. The van der Waals surface area contributed by atoms with Crippen molar-refractivity contribution in [3.8, 4) is 0 Å². The Balaban J connectivity index is 1.64. The lowest BCUT2D eigenvalue weighted by Gasteiger charge is -2.11. The van der Waals surface area contributed by atoms with Gasteiger partial charge in [0.15, 0.2) is 0 Å². The van der Waals surface area contributed by atoms with E-state index in [9.17, 15) is 14.4 Å². The number of imide groups is 1. The van der Waals surface area contributed by atoms with E-state index in [1.54, 1.807) is 41.1 Å². The Morgan fingerprint density at radius 2 is 1.87 bits per heavy atom. The number of nitrogens with zero attached hydrogens (tertiary/aromatic N) is 2. The molecule has 3 amide bonds. The number of urea groups is 1. The van der Waals surface area contributed by atoms with E-state index in [-0.39, 0.29) is 24.8 Å². The van der Waals surface area contributed by atoms with Gasteiger partial charge in [0.2, 0.25) is 0 Å². The summed E-state index contributed by atoms with van der Waals surface area (Å²) in [7, 11) is 1.33. The summed E-state index contributed by atoms with van der Waals surface area (Å²) in [6.07, 6.45) is 3.38. The first-order valence-corrected chi connectivity index (χ1v) is 9.58. The molecule has 1 aliphatic rings. The van der Waals surface area contributed by atoms with Gasteiger partial charge in [-0.3, -0.25) is 14.5 Å². The molecule has 8 heteroatoms. The van der Waals surface area contributed by atoms with Crippen molar-refractivity contribution in [2.45, 2.75) is 13.1 Å². The summed E-state index contributed by atoms with van der Waals surface area (Å²) in [6.45, 7) is 0.187. The molecular formula is C22H18ClN3O4. The Hall–Kier alpha value is -3.58. The van der Waals surface area contributed by atoms with Crippen LogP contribution >= 0.6 is 11.6 Å². The fourth-order valence-electron chi connectivity index (χ4n) is 3.37. The molecule has 3 aromatic rings. The van der Waals surface area contributed by atoms with Crippen LogP contribution in [0.5, 0.6) is 0 Å².